The van der Waals surface area contributed by atoms with Crippen molar-refractivity contribution in [2.45, 2.75) is 43.9 Å². The summed E-state index contributed by atoms with van der Waals surface area (Å²) in [6.07, 6.45) is 5.17. The van der Waals surface area contributed by atoms with Crippen molar-refractivity contribution in [3.05, 3.63) is 168 Å². The Morgan fingerprint density at radius 1 is 0.510 bits per heavy atom. The van der Waals surface area contributed by atoms with Crippen molar-refractivity contribution in [3.63, 3.8) is 0 Å². The molecule has 0 N–H and O–H groups in total. The zero-order chi connectivity index (χ0) is 35.0. The number of pyridine rings is 2. The smallest absolute Gasteiger partial charge is 0.314 e. The monoisotopic (exact) mass is 670 g/mol. The van der Waals surface area contributed by atoms with Crippen molar-refractivity contribution in [1.29, 1.82) is 0 Å². The molecule has 6 aromatic rings. The van der Waals surface area contributed by atoms with Gasteiger partial charge in [-0.05, 0) is 77.9 Å². The third kappa shape index (κ3) is 5.61. The topological polar surface area (TPSA) is 78.4 Å². The molecule has 4 aromatic carbocycles. The van der Waals surface area contributed by atoms with Gasteiger partial charge in [0.15, 0.2) is 0 Å². The molecule has 252 valence electrons. The highest BCUT2D eigenvalue weighted by Crippen LogP contribution is 2.62. The Morgan fingerprint density at radius 3 is 1.31 bits per heavy atom. The first-order valence-corrected chi connectivity index (χ1v) is 17.5. The minimum absolute atomic E-state index is 0.293. The van der Waals surface area contributed by atoms with Crippen molar-refractivity contribution in [2.75, 3.05) is 0 Å². The summed E-state index contributed by atoms with van der Waals surface area (Å²) in [5, 5.41) is 0. The SMILES string of the molecule is CC(CC1(CC2(CC(C)C(=O)Oc3ccccc3)c3ccccc3-c3ncccc32)c2ccccc2-c2ncccc21)C(=O)Oc1ccccc1. The number of carbonyl (C=O) groups is 2. The summed E-state index contributed by atoms with van der Waals surface area (Å²) in [4.78, 5) is 37.7. The maximum atomic E-state index is 13.9. The van der Waals surface area contributed by atoms with Gasteiger partial charge in [0.2, 0.25) is 0 Å². The van der Waals surface area contributed by atoms with Crippen LogP contribution < -0.4 is 9.47 Å². The van der Waals surface area contributed by atoms with Crippen LogP contribution in [0.15, 0.2) is 146 Å². The highest BCUT2D eigenvalue weighted by atomic mass is 16.5. The fourth-order valence-corrected chi connectivity index (χ4v) is 8.62. The summed E-state index contributed by atoms with van der Waals surface area (Å²) in [5.74, 6) is -0.510. The number of nitrogens with zero attached hydrogens (tertiary/aromatic N) is 2. The first-order chi connectivity index (χ1) is 24.9. The van der Waals surface area contributed by atoms with E-state index >= 15 is 0 Å². The van der Waals surface area contributed by atoms with Crippen LogP contribution in [-0.2, 0) is 20.4 Å². The normalized spacial score (nSPS) is 19.2. The molecule has 4 unspecified atom stereocenters. The van der Waals surface area contributed by atoms with E-state index in [1.165, 1.54) is 0 Å². The van der Waals surface area contributed by atoms with Gasteiger partial charge >= 0.3 is 11.9 Å². The molecule has 0 radical (unpaired) electrons. The van der Waals surface area contributed by atoms with E-state index in [0.29, 0.717) is 30.8 Å². The van der Waals surface area contributed by atoms with Gasteiger partial charge in [-0.3, -0.25) is 19.6 Å². The number of esters is 2. The number of para-hydroxylation sites is 2. The van der Waals surface area contributed by atoms with E-state index in [1.54, 1.807) is 24.3 Å². The largest absolute Gasteiger partial charge is 0.426 e. The number of hydrogen-bond donors (Lipinski definition) is 0. The van der Waals surface area contributed by atoms with Crippen LogP contribution in [0, 0.1) is 11.8 Å². The molecule has 0 fully saturated rings. The molecule has 0 bridgehead atoms. The van der Waals surface area contributed by atoms with Crippen LogP contribution in [0.1, 0.15) is 55.4 Å². The van der Waals surface area contributed by atoms with Gasteiger partial charge in [0.25, 0.3) is 0 Å². The van der Waals surface area contributed by atoms with Crippen molar-refractivity contribution in [2.24, 2.45) is 11.8 Å². The Morgan fingerprint density at radius 2 is 0.882 bits per heavy atom. The Labute approximate surface area is 298 Å². The van der Waals surface area contributed by atoms with Gasteiger partial charge in [0.05, 0.1) is 23.2 Å². The summed E-state index contributed by atoms with van der Waals surface area (Å²) in [5.41, 5.74) is 6.97. The van der Waals surface area contributed by atoms with Crippen molar-refractivity contribution in [1.82, 2.24) is 9.97 Å². The number of carbonyl (C=O) groups excluding carboxylic acids is 2. The molecule has 2 aliphatic carbocycles. The maximum absolute atomic E-state index is 13.9. The average molecular weight is 671 g/mol. The number of ether oxygens (including phenoxy) is 2. The van der Waals surface area contributed by atoms with Gasteiger partial charge in [-0.1, -0.05) is 111 Å². The fourth-order valence-electron chi connectivity index (χ4n) is 8.62. The first kappa shape index (κ1) is 32.3. The van der Waals surface area contributed by atoms with Crippen LogP contribution in [0.5, 0.6) is 11.5 Å². The quantitative estimate of drug-likeness (QED) is 0.107. The second kappa shape index (κ2) is 13.1. The second-order valence-electron chi connectivity index (χ2n) is 13.9. The number of rotatable bonds is 10. The molecule has 51 heavy (non-hydrogen) atoms. The van der Waals surface area contributed by atoms with Crippen LogP contribution in [0.4, 0.5) is 0 Å². The number of aromatic nitrogens is 2. The molecular weight excluding hydrogens is 633 g/mol. The van der Waals surface area contributed by atoms with E-state index in [4.69, 9.17) is 19.4 Å². The molecule has 0 saturated heterocycles. The maximum Gasteiger partial charge on any atom is 0.314 e. The summed E-state index contributed by atoms with van der Waals surface area (Å²) in [6.45, 7) is 3.91. The predicted molar refractivity (Wildman–Crippen MR) is 197 cm³/mol. The number of benzene rings is 4. The lowest BCUT2D eigenvalue weighted by atomic mass is 9.58. The van der Waals surface area contributed by atoms with Crippen molar-refractivity contribution < 1.29 is 19.1 Å². The van der Waals surface area contributed by atoms with E-state index in [-0.39, 0.29) is 11.9 Å². The Balaban J connectivity index is 1.30. The highest BCUT2D eigenvalue weighted by Gasteiger charge is 2.55. The lowest BCUT2D eigenvalue weighted by Crippen LogP contribution is -2.42. The van der Waals surface area contributed by atoms with Gasteiger partial charge in [-0.15, -0.1) is 0 Å². The highest BCUT2D eigenvalue weighted by molar-refractivity contribution is 5.83. The lowest BCUT2D eigenvalue weighted by molar-refractivity contribution is -0.139. The van der Waals surface area contributed by atoms with E-state index in [1.807, 2.05) is 86.9 Å². The predicted octanol–water partition coefficient (Wildman–Crippen LogP) is 9.36. The molecule has 4 atom stereocenters. The molecular formula is C45H38N2O4. The minimum Gasteiger partial charge on any atom is -0.426 e. The molecule has 2 heterocycles. The molecule has 2 aliphatic rings. The van der Waals surface area contributed by atoms with Crippen LogP contribution in [0.25, 0.3) is 22.5 Å². The average Bonchev–Trinajstić information content (AvgIpc) is 3.59. The summed E-state index contributed by atoms with van der Waals surface area (Å²) in [6, 6.07) is 43.6. The Bertz CT molecular complexity index is 1980. The summed E-state index contributed by atoms with van der Waals surface area (Å²) >= 11 is 0. The fraction of sp³-hybridized carbons (Fsp3) is 0.200. The first-order valence-electron chi connectivity index (χ1n) is 17.5. The molecule has 2 aromatic heterocycles. The Kier molecular flexibility index (Phi) is 8.31. The van der Waals surface area contributed by atoms with Crippen molar-refractivity contribution >= 4 is 11.9 Å². The number of hydrogen-bond acceptors (Lipinski definition) is 6. The minimum atomic E-state index is -0.678. The van der Waals surface area contributed by atoms with E-state index < -0.39 is 22.7 Å². The molecule has 0 spiro atoms. The number of fused-ring (bicyclic) bond motifs is 6. The standard InChI is InChI=1S/C45H38N2O4/c1-30(42(48)50-32-15-5-3-6-16-32)27-44(36-21-11-9-19-34(36)40-38(44)23-13-25-46-40)29-45(28-31(2)43(49)51-33-17-7-4-8-18-33)37-22-12-10-20-35(37)41-39(45)24-14-26-47-41/h3-26,30-31H,27-29H2,1-2H3. The van der Waals surface area contributed by atoms with Gasteiger partial charge < -0.3 is 9.47 Å². The molecule has 0 amide bonds. The zero-order valence-electron chi connectivity index (χ0n) is 28.7. The molecule has 6 nitrogen and oxygen atoms in total. The molecule has 8 rings (SSSR count). The Hall–Kier alpha value is -5.88. The van der Waals surface area contributed by atoms with Gasteiger partial charge in [0.1, 0.15) is 11.5 Å². The third-order valence-electron chi connectivity index (χ3n) is 10.7. The molecule has 0 saturated carbocycles. The summed E-state index contributed by atoms with van der Waals surface area (Å²) in [7, 11) is 0. The molecule has 6 heteroatoms. The van der Waals surface area contributed by atoms with E-state index in [2.05, 4.69) is 48.5 Å². The van der Waals surface area contributed by atoms with E-state index in [0.717, 1.165) is 44.8 Å². The van der Waals surface area contributed by atoms with Crippen LogP contribution in [0.2, 0.25) is 0 Å². The van der Waals surface area contributed by atoms with Gasteiger partial charge in [-0.2, -0.15) is 0 Å². The summed E-state index contributed by atoms with van der Waals surface area (Å²) < 4.78 is 11.9. The second-order valence-corrected chi connectivity index (χ2v) is 13.9. The van der Waals surface area contributed by atoms with Gasteiger partial charge in [0, 0.05) is 34.4 Å². The third-order valence-corrected chi connectivity index (χ3v) is 10.7. The molecule has 0 aliphatic heterocycles. The van der Waals surface area contributed by atoms with Crippen LogP contribution in [0.3, 0.4) is 0 Å². The van der Waals surface area contributed by atoms with E-state index in [9.17, 15) is 9.59 Å². The zero-order valence-corrected chi connectivity index (χ0v) is 28.7. The van der Waals surface area contributed by atoms with Gasteiger partial charge in [-0.25, -0.2) is 0 Å². The van der Waals surface area contributed by atoms with Crippen LogP contribution in [-0.4, -0.2) is 21.9 Å². The van der Waals surface area contributed by atoms with Crippen LogP contribution >= 0.6 is 0 Å². The van der Waals surface area contributed by atoms with Crippen molar-refractivity contribution in [3.8, 4) is 34.0 Å². The lowest BCUT2D eigenvalue weighted by Gasteiger charge is -2.44.